The van der Waals surface area contributed by atoms with E-state index >= 15 is 0 Å². The number of hydrogen-bond acceptors (Lipinski definition) is 15. The summed E-state index contributed by atoms with van der Waals surface area (Å²) in [5, 5.41) is 28.1. The first-order chi connectivity index (χ1) is 29.2. The summed E-state index contributed by atoms with van der Waals surface area (Å²) in [7, 11) is -2.64. The molecule has 61 heavy (non-hydrogen) atoms. The fourth-order valence-electron chi connectivity index (χ4n) is 5.93. The molecule has 0 bridgehead atoms. The highest BCUT2D eigenvalue weighted by molar-refractivity contribution is 7.92. The van der Waals surface area contributed by atoms with E-state index in [1.54, 1.807) is 67.7 Å². The van der Waals surface area contributed by atoms with Crippen LogP contribution in [0.1, 0.15) is 40.0 Å². The molecule has 1 atom stereocenters. The van der Waals surface area contributed by atoms with Gasteiger partial charge >= 0.3 is 11.9 Å². The molecule has 5 aromatic heterocycles. The van der Waals surface area contributed by atoms with Crippen LogP contribution < -0.4 is 26.1 Å². The molecule has 2 aromatic carbocycles. The lowest BCUT2D eigenvalue weighted by molar-refractivity contribution is -0.140. The Morgan fingerprint density at radius 3 is 2.39 bits per heavy atom. The highest BCUT2D eigenvalue weighted by Gasteiger charge is 2.24. The molecule has 314 valence electrons. The van der Waals surface area contributed by atoms with Gasteiger partial charge in [0.05, 0.1) is 30.1 Å². The molecule has 22 heteroatoms. The highest BCUT2D eigenvalue weighted by atomic mass is 32.2. The molecule has 8 N–H and O–H groups in total. The van der Waals surface area contributed by atoms with Gasteiger partial charge in [0.2, 0.25) is 24.1 Å². The summed E-state index contributed by atoms with van der Waals surface area (Å²) in [5.74, 6) is -2.57. The van der Waals surface area contributed by atoms with Gasteiger partial charge in [0.1, 0.15) is 16.6 Å². The Morgan fingerprint density at radius 2 is 1.72 bits per heavy atom. The lowest BCUT2D eigenvalue weighted by atomic mass is 10.0. The van der Waals surface area contributed by atoms with E-state index in [9.17, 15) is 27.6 Å². The van der Waals surface area contributed by atoms with Crippen molar-refractivity contribution in [2.75, 3.05) is 17.6 Å². The summed E-state index contributed by atoms with van der Waals surface area (Å²) in [6, 6.07) is 15.3. The van der Waals surface area contributed by atoms with Crippen molar-refractivity contribution in [2.45, 2.75) is 43.5 Å². The third kappa shape index (κ3) is 10.5. The fraction of sp³-hybridized carbons (Fsp3) is 0.179. The number of nitrogens with zero attached hydrogens (tertiary/aromatic N) is 6. The molecule has 1 amide bonds. The maximum atomic E-state index is 13.1. The maximum absolute atomic E-state index is 13.1. The SMILES string of the molecule is COc1nc(C)cnc1NS(=O)(=O)c1cccnc1-c1ccc(-c2nnco2)cc1.Nc1nc2[nH]cc(CCc3ccc(C(=O)N[C@@H](CCC(=O)O)C(=O)O)cc3)c2c(=O)[nH]1. The van der Waals surface area contributed by atoms with Crippen molar-refractivity contribution in [2.24, 2.45) is 0 Å². The summed E-state index contributed by atoms with van der Waals surface area (Å²) in [5.41, 5.74) is 9.76. The van der Waals surface area contributed by atoms with Crippen molar-refractivity contribution in [3.63, 3.8) is 0 Å². The molecule has 0 aliphatic rings. The Labute approximate surface area is 345 Å². The molecule has 5 heterocycles. The number of anilines is 2. The number of ether oxygens (including phenoxy) is 1. The van der Waals surface area contributed by atoms with E-state index in [1.807, 2.05) is 0 Å². The van der Waals surface area contributed by atoms with Gasteiger partial charge in [-0.3, -0.25) is 29.1 Å². The smallest absolute Gasteiger partial charge is 0.326 e. The van der Waals surface area contributed by atoms with Crippen LogP contribution in [0.25, 0.3) is 33.7 Å². The molecule has 0 aliphatic heterocycles. The van der Waals surface area contributed by atoms with E-state index in [4.69, 9.17) is 25.1 Å². The summed E-state index contributed by atoms with van der Waals surface area (Å²) in [6.45, 7) is 1.73. The number of carboxylic acids is 2. The zero-order valence-corrected chi connectivity index (χ0v) is 33.1. The molecule has 0 aliphatic carbocycles. The van der Waals surface area contributed by atoms with E-state index in [0.717, 1.165) is 11.1 Å². The number of methoxy groups -OCH3 is 1. The molecule has 0 spiro atoms. The van der Waals surface area contributed by atoms with Crippen molar-refractivity contribution in [1.29, 1.82) is 0 Å². The quantitative estimate of drug-likeness (QED) is 0.0777. The molecule has 0 fully saturated rings. The number of hydrogen-bond donors (Lipinski definition) is 7. The van der Waals surface area contributed by atoms with Crippen LogP contribution in [0.3, 0.4) is 0 Å². The summed E-state index contributed by atoms with van der Waals surface area (Å²) in [6.07, 6.45) is 6.48. The monoisotopic (exact) mass is 851 g/mol. The second-order valence-corrected chi connectivity index (χ2v) is 14.8. The van der Waals surface area contributed by atoms with E-state index in [1.165, 1.54) is 32.0 Å². The molecular formula is C39H37N11O10S. The van der Waals surface area contributed by atoms with Gasteiger partial charge in [0.25, 0.3) is 27.4 Å². The second kappa shape index (κ2) is 18.7. The zero-order chi connectivity index (χ0) is 43.7. The number of nitrogen functional groups attached to an aromatic ring is 1. The highest BCUT2D eigenvalue weighted by Crippen LogP contribution is 2.30. The van der Waals surface area contributed by atoms with Crippen molar-refractivity contribution < 1.29 is 42.2 Å². The number of rotatable bonds is 15. The number of carboxylic acid groups (broad SMARTS) is 2. The summed E-state index contributed by atoms with van der Waals surface area (Å²) >= 11 is 0. The number of carbonyl (C=O) groups is 3. The number of aliphatic carboxylic acids is 2. The van der Waals surface area contributed by atoms with E-state index in [0.29, 0.717) is 46.6 Å². The minimum atomic E-state index is -4.03. The number of benzene rings is 2. The Morgan fingerprint density at radius 1 is 0.984 bits per heavy atom. The van der Waals surface area contributed by atoms with Crippen LogP contribution in [0.4, 0.5) is 11.8 Å². The number of nitrogens with two attached hydrogens (primary N) is 1. The van der Waals surface area contributed by atoms with Gasteiger partial charge in [0, 0.05) is 35.5 Å². The number of nitrogens with one attached hydrogen (secondary N) is 4. The fourth-order valence-corrected chi connectivity index (χ4v) is 7.12. The predicted molar refractivity (Wildman–Crippen MR) is 218 cm³/mol. The van der Waals surface area contributed by atoms with Crippen LogP contribution in [0.2, 0.25) is 0 Å². The third-order valence-corrected chi connectivity index (χ3v) is 10.3. The van der Waals surface area contributed by atoms with Crippen LogP contribution in [0, 0.1) is 6.92 Å². The van der Waals surface area contributed by atoms with Crippen molar-refractivity contribution >= 4 is 50.7 Å². The van der Waals surface area contributed by atoms with E-state index < -0.39 is 33.9 Å². The first-order valence-electron chi connectivity index (χ1n) is 18.1. The molecule has 21 nitrogen and oxygen atoms in total. The first kappa shape index (κ1) is 42.6. The average Bonchev–Trinajstić information content (AvgIpc) is 3.94. The number of aromatic amines is 2. The zero-order valence-electron chi connectivity index (χ0n) is 32.3. The Kier molecular flexibility index (Phi) is 13.1. The van der Waals surface area contributed by atoms with Crippen LogP contribution in [-0.2, 0) is 32.5 Å². The minimum absolute atomic E-state index is 0.00959. The minimum Gasteiger partial charge on any atom is -0.481 e. The molecule has 0 unspecified atom stereocenters. The number of carbonyl (C=O) groups excluding carboxylic acids is 1. The molecule has 7 rings (SSSR count). The van der Waals surface area contributed by atoms with Crippen molar-refractivity contribution in [1.82, 2.24) is 45.4 Å². The number of aryl methyl sites for hydroxylation is 3. The molecule has 0 saturated carbocycles. The third-order valence-electron chi connectivity index (χ3n) is 8.90. The van der Waals surface area contributed by atoms with Gasteiger partial charge in [-0.2, -0.15) is 4.98 Å². The van der Waals surface area contributed by atoms with Crippen LogP contribution in [-0.4, -0.2) is 89.7 Å². The molecule has 7 aromatic rings. The van der Waals surface area contributed by atoms with E-state index in [-0.39, 0.29) is 52.2 Å². The van der Waals surface area contributed by atoms with Gasteiger partial charge in [-0.25, -0.2) is 23.2 Å². The average molecular weight is 852 g/mol. The predicted octanol–water partition coefficient (Wildman–Crippen LogP) is 3.37. The van der Waals surface area contributed by atoms with Gasteiger partial charge < -0.3 is 35.4 Å². The van der Waals surface area contributed by atoms with Crippen LogP contribution in [0.5, 0.6) is 5.88 Å². The lowest BCUT2D eigenvalue weighted by Crippen LogP contribution is -2.41. The van der Waals surface area contributed by atoms with Crippen LogP contribution >= 0.6 is 0 Å². The largest absolute Gasteiger partial charge is 0.481 e. The van der Waals surface area contributed by atoms with E-state index in [2.05, 4.69) is 50.1 Å². The Balaban J connectivity index is 0.000000204. The van der Waals surface area contributed by atoms with Crippen LogP contribution in [0.15, 0.2) is 99.8 Å². The van der Waals surface area contributed by atoms with Gasteiger partial charge in [-0.15, -0.1) is 10.2 Å². The number of pyridine rings is 1. The topological polar surface area (TPSA) is 324 Å². The van der Waals surface area contributed by atoms with Crippen molar-refractivity contribution in [3.8, 4) is 28.6 Å². The molecular weight excluding hydrogens is 815 g/mol. The summed E-state index contributed by atoms with van der Waals surface area (Å²) in [4.78, 5) is 68.2. The standard InChI is InChI=1S/C20H21N5O6.C19H16N6O4S/c21-20-24-16-15(18(29)25-20)12(9-22-16)6-3-10-1-4-11(5-2-10)17(28)23-13(19(30)31)7-8-14(26)27;1-12-10-21-17(19(23-12)28-2)25-30(26,27)15-4-3-9-20-16(15)13-5-7-14(8-6-13)18-24-22-11-29-18/h1-2,4-5,9,13H,3,6-8H2,(H,23,28)(H,26,27)(H,30,31)(H4,21,22,24,25,29);3-11H,1-2H3,(H,21,25)/t13-;/m0./s1. The van der Waals surface area contributed by atoms with Gasteiger partial charge in [-0.1, -0.05) is 24.3 Å². The number of H-pyrrole nitrogens is 2. The molecule has 0 radical (unpaired) electrons. The number of fused-ring (bicyclic) bond motifs is 1. The van der Waals surface area contributed by atoms with Gasteiger partial charge in [0.15, 0.2) is 0 Å². The summed E-state index contributed by atoms with van der Waals surface area (Å²) < 4.78 is 38.9. The maximum Gasteiger partial charge on any atom is 0.326 e. The number of amides is 1. The van der Waals surface area contributed by atoms with Gasteiger partial charge in [-0.05, 0) is 73.7 Å². The lowest BCUT2D eigenvalue weighted by Gasteiger charge is -2.13. The van der Waals surface area contributed by atoms with Crippen molar-refractivity contribution in [3.05, 3.63) is 118 Å². The number of sulfonamides is 1. The second-order valence-electron chi connectivity index (χ2n) is 13.1. The normalized spacial score (nSPS) is 11.6. The molecule has 0 saturated heterocycles. The Hall–Kier alpha value is -8.01. The first-order valence-corrected chi connectivity index (χ1v) is 19.6. The Bertz CT molecular complexity index is 2850. The number of aromatic nitrogens is 8.